The Morgan fingerprint density at radius 2 is 2.04 bits per heavy atom. The second-order valence-corrected chi connectivity index (χ2v) is 5.14. The smallest absolute Gasteiger partial charge is 0.142 e. The second kappa shape index (κ2) is 5.54. The minimum Gasteiger partial charge on any atom is -0.383 e. The topological polar surface area (TPSA) is 88.7 Å². The summed E-state index contributed by atoms with van der Waals surface area (Å²) in [5.41, 5.74) is 9.18. The van der Waals surface area contributed by atoms with Crippen molar-refractivity contribution in [3.63, 3.8) is 0 Å². The average Bonchev–Trinajstić information content (AvgIpc) is 2.85. The lowest BCUT2D eigenvalue weighted by Gasteiger charge is -2.10. The lowest BCUT2D eigenvalue weighted by atomic mass is 9.97. The molecule has 23 heavy (non-hydrogen) atoms. The minimum atomic E-state index is -0.369. The Hall–Kier alpha value is -3.20. The molecule has 0 radical (unpaired) electrons. The molecule has 5 nitrogen and oxygen atoms in total. The first-order valence-electron chi connectivity index (χ1n) is 6.91. The van der Waals surface area contributed by atoms with E-state index in [1.165, 1.54) is 12.1 Å². The maximum absolute atomic E-state index is 13.5. The first-order chi connectivity index (χ1) is 11.0. The van der Waals surface area contributed by atoms with Gasteiger partial charge in [-0.25, -0.2) is 9.37 Å². The van der Waals surface area contributed by atoms with Gasteiger partial charge >= 0.3 is 0 Å². The number of nitrogen functional groups attached to an aromatic ring is 1. The van der Waals surface area contributed by atoms with E-state index in [4.69, 9.17) is 10.3 Å². The van der Waals surface area contributed by atoms with Crippen LogP contribution >= 0.6 is 0 Å². The number of nitrogens with zero attached hydrogens (tertiary/aromatic N) is 3. The first-order valence-corrected chi connectivity index (χ1v) is 6.91. The third kappa shape index (κ3) is 2.53. The minimum absolute atomic E-state index is 0.0873. The zero-order valence-electron chi connectivity index (χ0n) is 12.6. The van der Waals surface area contributed by atoms with Crippen LogP contribution in [0.15, 0.2) is 34.9 Å². The third-order valence-electron chi connectivity index (χ3n) is 3.58. The Morgan fingerprint density at radius 1 is 1.26 bits per heavy atom. The molecule has 0 saturated carbocycles. The Labute approximate surface area is 132 Å². The number of nitrogens with two attached hydrogens (primary N) is 1. The largest absolute Gasteiger partial charge is 0.383 e. The van der Waals surface area contributed by atoms with Crippen molar-refractivity contribution in [1.29, 1.82) is 5.26 Å². The molecule has 0 bridgehead atoms. The molecule has 114 valence electrons. The Balaban J connectivity index is 2.29. The van der Waals surface area contributed by atoms with Crippen molar-refractivity contribution in [2.75, 3.05) is 5.73 Å². The van der Waals surface area contributed by atoms with Crippen LogP contribution in [0.5, 0.6) is 0 Å². The van der Waals surface area contributed by atoms with Gasteiger partial charge in [-0.3, -0.25) is 0 Å². The normalized spacial score (nSPS) is 10.5. The maximum Gasteiger partial charge on any atom is 0.142 e. The number of aromatic nitrogens is 2. The van der Waals surface area contributed by atoms with Crippen molar-refractivity contribution in [2.24, 2.45) is 0 Å². The van der Waals surface area contributed by atoms with E-state index in [9.17, 15) is 9.65 Å². The average molecular weight is 308 g/mol. The van der Waals surface area contributed by atoms with E-state index in [0.29, 0.717) is 33.8 Å². The zero-order valence-corrected chi connectivity index (χ0v) is 12.6. The van der Waals surface area contributed by atoms with Crippen LogP contribution in [-0.4, -0.2) is 10.1 Å². The summed E-state index contributed by atoms with van der Waals surface area (Å²) in [6, 6.07) is 9.81. The molecule has 0 fully saturated rings. The van der Waals surface area contributed by atoms with Crippen molar-refractivity contribution in [3.8, 4) is 28.5 Å². The molecule has 0 atom stereocenters. The molecule has 0 saturated heterocycles. The molecule has 0 unspecified atom stereocenters. The number of hydrogen-bond acceptors (Lipinski definition) is 5. The van der Waals surface area contributed by atoms with Crippen LogP contribution in [-0.2, 0) is 0 Å². The third-order valence-corrected chi connectivity index (χ3v) is 3.58. The van der Waals surface area contributed by atoms with Crippen LogP contribution in [0.2, 0.25) is 0 Å². The van der Waals surface area contributed by atoms with Crippen molar-refractivity contribution in [3.05, 3.63) is 53.2 Å². The van der Waals surface area contributed by atoms with Gasteiger partial charge in [-0.2, -0.15) is 5.26 Å². The fraction of sp³-hybridized carbons (Fsp3) is 0.118. The van der Waals surface area contributed by atoms with E-state index in [1.54, 1.807) is 32.0 Å². The maximum atomic E-state index is 13.5. The molecular weight excluding hydrogens is 295 g/mol. The van der Waals surface area contributed by atoms with E-state index in [-0.39, 0.29) is 17.2 Å². The molecule has 2 heterocycles. The molecule has 0 aliphatic heterocycles. The highest BCUT2D eigenvalue weighted by molar-refractivity contribution is 5.81. The second-order valence-electron chi connectivity index (χ2n) is 5.14. The summed E-state index contributed by atoms with van der Waals surface area (Å²) in [5.74, 6) is 0.296. The number of aryl methyl sites for hydroxylation is 2. The summed E-state index contributed by atoms with van der Waals surface area (Å²) in [6.45, 7) is 3.54. The van der Waals surface area contributed by atoms with Gasteiger partial charge in [0, 0.05) is 16.7 Å². The van der Waals surface area contributed by atoms with Gasteiger partial charge in [-0.05, 0) is 32.0 Å². The SMILES string of the molecule is Cc1noc(C)c1-c1cc(-c2cccc(F)c2)nc(N)c1C#N. The summed E-state index contributed by atoms with van der Waals surface area (Å²) in [4.78, 5) is 4.22. The molecule has 0 aliphatic carbocycles. The van der Waals surface area contributed by atoms with Gasteiger partial charge in [0.1, 0.15) is 29.0 Å². The highest BCUT2D eigenvalue weighted by Crippen LogP contribution is 2.34. The fourth-order valence-corrected chi connectivity index (χ4v) is 2.54. The summed E-state index contributed by atoms with van der Waals surface area (Å²) >= 11 is 0. The van der Waals surface area contributed by atoms with Crippen LogP contribution < -0.4 is 5.73 Å². The zero-order chi connectivity index (χ0) is 16.6. The van der Waals surface area contributed by atoms with Gasteiger partial charge in [0.05, 0.1) is 11.4 Å². The summed E-state index contributed by atoms with van der Waals surface area (Å²) in [5, 5.41) is 13.3. The lowest BCUT2D eigenvalue weighted by Crippen LogP contribution is -2.00. The molecule has 0 aliphatic rings. The van der Waals surface area contributed by atoms with Gasteiger partial charge in [-0.1, -0.05) is 17.3 Å². The van der Waals surface area contributed by atoms with Crippen molar-refractivity contribution >= 4 is 5.82 Å². The molecule has 1 aromatic carbocycles. The van der Waals surface area contributed by atoms with Crippen molar-refractivity contribution < 1.29 is 8.91 Å². The van der Waals surface area contributed by atoms with Gasteiger partial charge in [0.25, 0.3) is 0 Å². The van der Waals surface area contributed by atoms with Crippen LogP contribution in [0.25, 0.3) is 22.4 Å². The van der Waals surface area contributed by atoms with Crippen molar-refractivity contribution in [1.82, 2.24) is 10.1 Å². The summed E-state index contributed by atoms with van der Waals surface area (Å²) in [7, 11) is 0. The highest BCUT2D eigenvalue weighted by atomic mass is 19.1. The molecule has 0 spiro atoms. The predicted molar refractivity (Wildman–Crippen MR) is 83.7 cm³/mol. The van der Waals surface area contributed by atoms with Crippen molar-refractivity contribution in [2.45, 2.75) is 13.8 Å². The molecule has 6 heteroatoms. The van der Waals surface area contributed by atoms with E-state index in [0.717, 1.165) is 0 Å². The van der Waals surface area contributed by atoms with E-state index in [2.05, 4.69) is 16.2 Å². The van der Waals surface area contributed by atoms with Crippen LogP contribution in [0.4, 0.5) is 10.2 Å². The summed E-state index contributed by atoms with van der Waals surface area (Å²) in [6.07, 6.45) is 0. The molecule has 0 amide bonds. The molecule has 2 aromatic heterocycles. The first kappa shape index (κ1) is 14.7. The lowest BCUT2D eigenvalue weighted by molar-refractivity contribution is 0.393. The van der Waals surface area contributed by atoms with Crippen LogP contribution in [0, 0.1) is 31.0 Å². The Kier molecular flexibility index (Phi) is 3.54. The van der Waals surface area contributed by atoms with Crippen LogP contribution in [0.1, 0.15) is 17.0 Å². The number of hydrogen-bond donors (Lipinski definition) is 1. The monoisotopic (exact) mass is 308 g/mol. The summed E-state index contributed by atoms with van der Waals surface area (Å²) < 4.78 is 18.6. The number of pyridine rings is 1. The van der Waals surface area contributed by atoms with Gasteiger partial charge in [0.2, 0.25) is 0 Å². The number of halogens is 1. The van der Waals surface area contributed by atoms with E-state index in [1.807, 2.05) is 0 Å². The Bertz CT molecular complexity index is 921. The predicted octanol–water partition coefficient (Wildman–Crippen LogP) is 3.61. The molecule has 2 N–H and O–H groups in total. The van der Waals surface area contributed by atoms with E-state index >= 15 is 0 Å². The number of benzene rings is 1. The van der Waals surface area contributed by atoms with Crippen LogP contribution in [0.3, 0.4) is 0 Å². The standard InChI is InChI=1S/C17H13FN4O/c1-9-16(10(2)23-22-9)13-7-15(21-17(20)14(13)8-19)11-4-3-5-12(18)6-11/h3-7H,1-2H3,(H2,20,21). The quantitative estimate of drug-likeness (QED) is 0.781. The number of nitriles is 1. The van der Waals surface area contributed by atoms with Gasteiger partial charge in [-0.15, -0.1) is 0 Å². The molecule has 3 rings (SSSR count). The fourth-order valence-electron chi connectivity index (χ4n) is 2.54. The van der Waals surface area contributed by atoms with Gasteiger partial charge in [0.15, 0.2) is 0 Å². The van der Waals surface area contributed by atoms with Gasteiger partial charge < -0.3 is 10.3 Å². The molecular formula is C17H13FN4O. The number of rotatable bonds is 2. The Morgan fingerprint density at radius 3 is 2.65 bits per heavy atom. The number of anilines is 1. The highest BCUT2D eigenvalue weighted by Gasteiger charge is 2.19. The van der Waals surface area contributed by atoms with E-state index < -0.39 is 0 Å². The molecule has 3 aromatic rings.